The van der Waals surface area contributed by atoms with Crippen molar-refractivity contribution in [2.45, 2.75) is 26.2 Å². The minimum atomic E-state index is -0.336. The molecule has 0 saturated carbocycles. The van der Waals surface area contributed by atoms with Gasteiger partial charge in [0, 0.05) is 0 Å². The van der Waals surface area contributed by atoms with Crippen molar-refractivity contribution in [3.05, 3.63) is 40.0 Å². The van der Waals surface area contributed by atoms with Gasteiger partial charge in [0.2, 0.25) is 0 Å². The quantitative estimate of drug-likeness (QED) is 0.433. The van der Waals surface area contributed by atoms with Crippen molar-refractivity contribution in [2.75, 3.05) is 13.7 Å². The Morgan fingerprint density at radius 1 is 1.33 bits per heavy atom. The van der Waals surface area contributed by atoms with E-state index in [1.165, 1.54) is 20.1 Å². The molecule has 0 aliphatic heterocycles. The fourth-order valence-electron chi connectivity index (χ4n) is 1.37. The number of ether oxygens (including phenoxy) is 1. The van der Waals surface area contributed by atoms with Crippen LogP contribution in [0.3, 0.4) is 0 Å². The predicted molar refractivity (Wildman–Crippen MR) is 79.1 cm³/mol. The van der Waals surface area contributed by atoms with Gasteiger partial charge in [-0.25, -0.2) is 0 Å². The number of benzene rings is 1. The number of hydrogen-bond acceptors (Lipinski definition) is 1. The molecule has 0 heterocycles. The first-order chi connectivity index (χ1) is 8.86. The molecule has 0 amide bonds. The van der Waals surface area contributed by atoms with Crippen molar-refractivity contribution >= 4 is 24.5 Å². The molecule has 0 aliphatic rings. The third-order valence-electron chi connectivity index (χ3n) is 2.29. The first-order valence-electron chi connectivity index (χ1n) is 6.27. The molecule has 0 radical (unpaired) electrons. The van der Waals surface area contributed by atoms with E-state index in [2.05, 4.69) is 55.2 Å². The Kier molecular flexibility index (Phi) is 8.70. The normalized spacial score (nSPS) is 10.9. The van der Waals surface area contributed by atoms with Crippen LogP contribution < -0.4 is 3.61 Å². The van der Waals surface area contributed by atoms with Gasteiger partial charge in [-0.1, -0.05) is 0 Å². The first kappa shape index (κ1) is 15.3. The van der Waals surface area contributed by atoms with Crippen molar-refractivity contribution < 1.29 is 4.74 Å². The Balaban J connectivity index is 2.66. The van der Waals surface area contributed by atoms with E-state index >= 15 is 0 Å². The van der Waals surface area contributed by atoms with Crippen molar-refractivity contribution in [1.82, 2.24) is 0 Å². The van der Waals surface area contributed by atoms with Gasteiger partial charge in [-0.3, -0.25) is 0 Å². The topological polar surface area (TPSA) is 9.23 Å². The van der Waals surface area contributed by atoms with Gasteiger partial charge >= 0.3 is 121 Å². The van der Waals surface area contributed by atoms with E-state index in [1.807, 2.05) is 0 Å². The molecule has 0 N–H and O–H groups in total. The van der Waals surface area contributed by atoms with E-state index < -0.39 is 0 Å². The minimum absolute atomic E-state index is 0.336. The molecule has 0 spiro atoms. The monoisotopic (exact) mass is 358 g/mol. The predicted octanol–water partition coefficient (Wildman–Crippen LogP) is 2.74. The SMILES string of the molecule is CCCC/C=C(/C#CCOC)[Te]c1ccccc1. The summed E-state index contributed by atoms with van der Waals surface area (Å²) in [5.41, 5.74) is 0. The number of unbranched alkanes of at least 4 members (excludes halogenated alkanes) is 2. The molecule has 1 rings (SSSR count). The van der Waals surface area contributed by atoms with Crippen LogP contribution in [-0.2, 0) is 4.74 Å². The van der Waals surface area contributed by atoms with E-state index in [0.29, 0.717) is 6.61 Å². The molecule has 0 fully saturated rings. The zero-order chi connectivity index (χ0) is 13.1. The Morgan fingerprint density at radius 2 is 2.11 bits per heavy atom. The summed E-state index contributed by atoms with van der Waals surface area (Å²) in [6.45, 7) is 2.74. The summed E-state index contributed by atoms with van der Waals surface area (Å²) in [5, 5.41) is 0. The molecular formula is C16H20OTe. The molecule has 0 saturated heterocycles. The summed E-state index contributed by atoms with van der Waals surface area (Å²) < 4.78 is 7.75. The molecule has 1 nitrogen and oxygen atoms in total. The molecule has 2 heteroatoms. The van der Waals surface area contributed by atoms with Crippen LogP contribution in [0.4, 0.5) is 0 Å². The van der Waals surface area contributed by atoms with Crippen LogP contribution in [0.15, 0.2) is 40.0 Å². The van der Waals surface area contributed by atoms with Gasteiger partial charge in [-0.15, -0.1) is 0 Å². The average Bonchev–Trinajstić information content (AvgIpc) is 2.40. The third-order valence-corrected chi connectivity index (χ3v) is 5.13. The van der Waals surface area contributed by atoms with Crippen LogP contribution in [0, 0.1) is 11.8 Å². The van der Waals surface area contributed by atoms with Crippen molar-refractivity contribution in [3.63, 3.8) is 0 Å². The fraction of sp³-hybridized carbons (Fsp3) is 0.375. The maximum absolute atomic E-state index is 4.98. The molecule has 0 bridgehead atoms. The standard InChI is InChI=1S/C16H20OTe/c1-3-4-6-10-16(13-9-14-17-2)18-15-11-7-5-8-12-15/h5,7-8,10-12H,3-4,6,14H2,1-2H3/b16-10-. The van der Waals surface area contributed by atoms with Crippen LogP contribution in [0.1, 0.15) is 26.2 Å². The van der Waals surface area contributed by atoms with E-state index in [-0.39, 0.29) is 20.9 Å². The van der Waals surface area contributed by atoms with Crippen molar-refractivity contribution in [1.29, 1.82) is 0 Å². The summed E-state index contributed by atoms with van der Waals surface area (Å²) in [6.07, 6.45) is 5.95. The molecule has 18 heavy (non-hydrogen) atoms. The van der Waals surface area contributed by atoms with Crippen LogP contribution in [-0.4, -0.2) is 34.6 Å². The van der Waals surface area contributed by atoms with Crippen LogP contribution in [0.25, 0.3) is 0 Å². The van der Waals surface area contributed by atoms with E-state index in [0.717, 1.165) is 6.42 Å². The van der Waals surface area contributed by atoms with Crippen LogP contribution in [0.5, 0.6) is 0 Å². The van der Waals surface area contributed by atoms with E-state index in [1.54, 1.807) is 7.11 Å². The summed E-state index contributed by atoms with van der Waals surface area (Å²) >= 11 is -0.336. The molecule has 0 aliphatic carbocycles. The summed E-state index contributed by atoms with van der Waals surface area (Å²) in [4.78, 5) is 0. The number of methoxy groups -OCH3 is 1. The molecule has 0 aromatic heterocycles. The maximum atomic E-state index is 4.98. The van der Waals surface area contributed by atoms with Crippen LogP contribution >= 0.6 is 0 Å². The second kappa shape index (κ2) is 10.2. The zero-order valence-electron chi connectivity index (χ0n) is 11.1. The molecule has 0 atom stereocenters. The third kappa shape index (κ3) is 6.87. The van der Waals surface area contributed by atoms with E-state index in [9.17, 15) is 0 Å². The molecule has 1 aromatic rings. The summed E-state index contributed by atoms with van der Waals surface area (Å²) in [5.74, 6) is 6.35. The molecule has 96 valence electrons. The van der Waals surface area contributed by atoms with Gasteiger partial charge in [-0.05, 0) is 0 Å². The van der Waals surface area contributed by atoms with Crippen molar-refractivity contribution in [3.8, 4) is 11.8 Å². The second-order valence-electron chi connectivity index (χ2n) is 3.86. The van der Waals surface area contributed by atoms with Crippen LogP contribution in [0.2, 0.25) is 0 Å². The first-order valence-corrected chi connectivity index (χ1v) is 8.60. The Morgan fingerprint density at radius 3 is 2.78 bits per heavy atom. The summed E-state index contributed by atoms with van der Waals surface area (Å²) in [7, 11) is 1.68. The van der Waals surface area contributed by atoms with Crippen molar-refractivity contribution in [2.24, 2.45) is 0 Å². The Labute approximate surface area is 121 Å². The Bertz CT molecular complexity index is 412. The molecule has 1 aromatic carbocycles. The van der Waals surface area contributed by atoms with Gasteiger partial charge in [-0.2, -0.15) is 0 Å². The van der Waals surface area contributed by atoms with Gasteiger partial charge in [0.15, 0.2) is 0 Å². The van der Waals surface area contributed by atoms with Gasteiger partial charge in [0.1, 0.15) is 0 Å². The van der Waals surface area contributed by atoms with Gasteiger partial charge in [0.25, 0.3) is 0 Å². The summed E-state index contributed by atoms with van der Waals surface area (Å²) in [6, 6.07) is 10.7. The Hall–Kier alpha value is -0.730. The zero-order valence-corrected chi connectivity index (χ0v) is 13.4. The number of allylic oxidation sites excluding steroid dienone is 2. The average molecular weight is 356 g/mol. The number of rotatable bonds is 6. The second-order valence-corrected chi connectivity index (χ2v) is 7.04. The van der Waals surface area contributed by atoms with E-state index in [4.69, 9.17) is 4.74 Å². The van der Waals surface area contributed by atoms with Gasteiger partial charge in [0.05, 0.1) is 0 Å². The molecule has 0 unspecified atom stereocenters. The van der Waals surface area contributed by atoms with Gasteiger partial charge < -0.3 is 0 Å². The molecular weight excluding hydrogens is 336 g/mol. The fourth-order valence-corrected chi connectivity index (χ4v) is 3.85. The number of hydrogen-bond donors (Lipinski definition) is 0.